The average molecular weight is 524 g/mol. The van der Waals surface area contributed by atoms with Crippen LogP contribution < -0.4 is 5.43 Å². The number of hydrogen-bond donors (Lipinski definition) is 0. The molecule has 0 saturated carbocycles. The molecule has 0 radical (unpaired) electrons. The molecule has 36 heavy (non-hydrogen) atoms. The van der Waals surface area contributed by atoms with Gasteiger partial charge in [0.2, 0.25) is 5.43 Å². The Kier molecular flexibility index (Phi) is 6.99. The summed E-state index contributed by atoms with van der Waals surface area (Å²) < 4.78 is 25.7. The first kappa shape index (κ1) is 24.3. The third-order valence-electron chi connectivity index (χ3n) is 5.80. The topological polar surface area (TPSA) is 116 Å². The van der Waals surface area contributed by atoms with Crippen molar-refractivity contribution in [1.82, 2.24) is 33.8 Å². The van der Waals surface area contributed by atoms with Gasteiger partial charge in [0, 0.05) is 73.3 Å². The summed E-state index contributed by atoms with van der Waals surface area (Å²) in [6.07, 6.45) is 9.35. The van der Waals surface area contributed by atoms with Gasteiger partial charge in [0.05, 0.1) is 18.6 Å². The molecule has 5 rings (SSSR count). The molecular formula is C24H25N7O3S2. The number of rotatable bonds is 7. The monoisotopic (exact) mass is 523 g/mol. The van der Waals surface area contributed by atoms with Gasteiger partial charge in [-0.05, 0) is 11.6 Å². The highest BCUT2D eigenvalue weighted by atomic mass is 32.2. The van der Waals surface area contributed by atoms with Crippen LogP contribution >= 0.6 is 11.8 Å². The smallest absolute Gasteiger partial charge is 0.250 e. The van der Waals surface area contributed by atoms with Crippen LogP contribution in [-0.2, 0) is 23.0 Å². The lowest BCUT2D eigenvalue weighted by Crippen LogP contribution is -2.32. The van der Waals surface area contributed by atoms with Crippen molar-refractivity contribution in [3.05, 3.63) is 88.4 Å². The molecule has 0 bridgehead atoms. The number of nitrogens with zero attached hydrogens (tertiary/aromatic N) is 7. The van der Waals surface area contributed by atoms with Crippen LogP contribution in [0.5, 0.6) is 0 Å². The van der Waals surface area contributed by atoms with Crippen molar-refractivity contribution >= 4 is 21.8 Å². The molecule has 1 fully saturated rings. The summed E-state index contributed by atoms with van der Waals surface area (Å²) in [5.41, 5.74) is 3.41. The van der Waals surface area contributed by atoms with E-state index in [4.69, 9.17) is 0 Å². The second kappa shape index (κ2) is 10.3. The Balaban J connectivity index is 1.33. The Morgan fingerprint density at radius 3 is 2.53 bits per heavy atom. The molecule has 0 unspecified atom stereocenters. The van der Waals surface area contributed by atoms with E-state index < -0.39 is 10.0 Å². The third kappa shape index (κ3) is 5.72. The van der Waals surface area contributed by atoms with Gasteiger partial charge in [0.15, 0.2) is 5.82 Å². The fraction of sp³-hybridized carbons (Fsp3) is 0.292. The zero-order valence-electron chi connectivity index (χ0n) is 19.7. The fourth-order valence-electron chi connectivity index (χ4n) is 3.93. The van der Waals surface area contributed by atoms with Gasteiger partial charge in [0.1, 0.15) is 11.4 Å². The highest BCUT2D eigenvalue weighted by molar-refractivity contribution is 7.99. The van der Waals surface area contributed by atoms with Crippen LogP contribution in [0.4, 0.5) is 0 Å². The van der Waals surface area contributed by atoms with E-state index in [1.807, 2.05) is 48.4 Å². The van der Waals surface area contributed by atoms with Crippen LogP contribution in [0.2, 0.25) is 0 Å². The second-order valence-corrected chi connectivity index (χ2v) is 11.7. The highest BCUT2D eigenvalue weighted by Crippen LogP contribution is 2.19. The normalized spacial score (nSPS) is 14.7. The summed E-state index contributed by atoms with van der Waals surface area (Å²) in [6.45, 7) is 3.03. The fourth-order valence-corrected chi connectivity index (χ4v) is 5.42. The van der Waals surface area contributed by atoms with E-state index in [0.717, 1.165) is 58.2 Å². The molecule has 186 valence electrons. The van der Waals surface area contributed by atoms with Gasteiger partial charge in [-0.15, -0.1) is 0 Å². The Labute approximate surface area is 213 Å². The minimum Gasteiger partial charge on any atom is -0.297 e. The Hall–Kier alpha value is -3.35. The van der Waals surface area contributed by atoms with Gasteiger partial charge in [-0.3, -0.25) is 9.69 Å². The van der Waals surface area contributed by atoms with E-state index in [1.54, 1.807) is 0 Å². The van der Waals surface area contributed by atoms with E-state index in [0.29, 0.717) is 23.6 Å². The van der Waals surface area contributed by atoms with Crippen molar-refractivity contribution in [3.8, 4) is 17.1 Å². The minimum absolute atomic E-state index is 0.205. The quantitative estimate of drug-likeness (QED) is 0.358. The lowest BCUT2D eigenvalue weighted by molar-refractivity contribution is 0.294. The first-order valence-corrected chi connectivity index (χ1v) is 14.4. The lowest BCUT2D eigenvalue weighted by Gasteiger charge is -2.25. The van der Waals surface area contributed by atoms with Crippen molar-refractivity contribution < 1.29 is 8.42 Å². The molecule has 0 atom stereocenters. The molecule has 1 aromatic carbocycles. The summed E-state index contributed by atoms with van der Waals surface area (Å²) in [4.78, 5) is 24.1. The zero-order valence-corrected chi connectivity index (χ0v) is 21.3. The van der Waals surface area contributed by atoms with E-state index in [9.17, 15) is 13.2 Å². The molecule has 0 aliphatic carbocycles. The average Bonchev–Trinajstić information content (AvgIpc) is 3.38. The van der Waals surface area contributed by atoms with Gasteiger partial charge >= 0.3 is 0 Å². The SMILES string of the molecule is CS(=O)(=O)n1cc(-n2ccc(=O)c(Cc3cccc(-c4ncc(CN5CCSCC5)cn4)c3)n2)cn1. The van der Waals surface area contributed by atoms with Crippen LogP contribution in [0.25, 0.3) is 17.1 Å². The molecule has 10 nitrogen and oxygen atoms in total. The summed E-state index contributed by atoms with van der Waals surface area (Å²) in [5.74, 6) is 2.95. The number of aromatic nitrogens is 6. The second-order valence-electron chi connectivity index (χ2n) is 8.59. The maximum Gasteiger partial charge on any atom is 0.250 e. The maximum absolute atomic E-state index is 12.5. The van der Waals surface area contributed by atoms with Crippen molar-refractivity contribution in [1.29, 1.82) is 0 Å². The van der Waals surface area contributed by atoms with Crippen LogP contribution in [0, 0.1) is 0 Å². The summed E-state index contributed by atoms with van der Waals surface area (Å²) in [6, 6.07) is 9.14. The number of thioether (sulfide) groups is 1. The Morgan fingerprint density at radius 1 is 1.03 bits per heavy atom. The molecule has 1 aliphatic rings. The predicted octanol–water partition coefficient (Wildman–Crippen LogP) is 1.83. The van der Waals surface area contributed by atoms with Crippen LogP contribution in [0.3, 0.4) is 0 Å². The van der Waals surface area contributed by atoms with E-state index in [1.165, 1.54) is 29.3 Å². The molecule has 1 saturated heterocycles. The predicted molar refractivity (Wildman–Crippen MR) is 139 cm³/mol. The minimum atomic E-state index is -3.51. The van der Waals surface area contributed by atoms with Gasteiger partial charge in [0.25, 0.3) is 10.0 Å². The van der Waals surface area contributed by atoms with Crippen LogP contribution in [0.1, 0.15) is 16.8 Å². The number of hydrogen-bond acceptors (Lipinski definition) is 9. The van der Waals surface area contributed by atoms with E-state index in [2.05, 4.69) is 25.1 Å². The molecule has 4 heterocycles. The summed E-state index contributed by atoms with van der Waals surface area (Å²) in [5, 5.41) is 8.28. The van der Waals surface area contributed by atoms with Crippen molar-refractivity contribution in [2.45, 2.75) is 13.0 Å². The largest absolute Gasteiger partial charge is 0.297 e. The molecule has 4 aromatic rings. The third-order valence-corrected chi connectivity index (χ3v) is 7.62. The van der Waals surface area contributed by atoms with E-state index in [-0.39, 0.29) is 5.43 Å². The number of benzene rings is 1. The molecule has 0 N–H and O–H groups in total. The van der Waals surface area contributed by atoms with Gasteiger partial charge < -0.3 is 0 Å². The summed E-state index contributed by atoms with van der Waals surface area (Å²) >= 11 is 1.99. The molecule has 0 amide bonds. The van der Waals surface area contributed by atoms with Gasteiger partial charge in [-0.2, -0.15) is 26.0 Å². The molecule has 12 heteroatoms. The summed E-state index contributed by atoms with van der Waals surface area (Å²) in [7, 11) is -3.51. The van der Waals surface area contributed by atoms with E-state index >= 15 is 0 Å². The first-order chi connectivity index (χ1) is 17.3. The molecular weight excluding hydrogens is 498 g/mol. The Morgan fingerprint density at radius 2 is 1.81 bits per heavy atom. The highest BCUT2D eigenvalue weighted by Gasteiger charge is 2.13. The zero-order chi connectivity index (χ0) is 25.1. The van der Waals surface area contributed by atoms with Gasteiger partial charge in [-0.1, -0.05) is 18.2 Å². The maximum atomic E-state index is 12.5. The van der Waals surface area contributed by atoms with Crippen molar-refractivity contribution in [2.24, 2.45) is 0 Å². The first-order valence-electron chi connectivity index (χ1n) is 11.4. The Bertz CT molecular complexity index is 1530. The van der Waals surface area contributed by atoms with Crippen LogP contribution in [-0.4, -0.2) is 73.1 Å². The lowest BCUT2D eigenvalue weighted by atomic mass is 10.1. The van der Waals surface area contributed by atoms with Crippen molar-refractivity contribution in [2.75, 3.05) is 30.9 Å². The molecule has 1 aliphatic heterocycles. The standard InChI is InChI=1S/C24H25N7O3S2/c1-36(33,34)31-17-21(15-27-31)30-6-5-23(32)22(28-30)12-18-3-2-4-20(11-18)24-25-13-19(14-26-24)16-29-7-9-35-10-8-29/h2-6,11,13-15,17H,7-10,12,16H2,1H3. The molecule has 3 aromatic heterocycles. The molecule has 0 spiro atoms. The van der Waals surface area contributed by atoms with Crippen LogP contribution in [0.15, 0.2) is 66.1 Å². The van der Waals surface area contributed by atoms with Gasteiger partial charge in [-0.25, -0.2) is 23.1 Å². The van der Waals surface area contributed by atoms with Crippen molar-refractivity contribution in [3.63, 3.8) is 0 Å².